The van der Waals surface area contributed by atoms with Gasteiger partial charge in [0.15, 0.2) is 0 Å². The summed E-state index contributed by atoms with van der Waals surface area (Å²) in [6.45, 7) is 6.70. The van der Waals surface area contributed by atoms with Crippen LogP contribution in [0.5, 0.6) is 0 Å². The molecule has 0 bridgehead atoms. The maximum absolute atomic E-state index is 11.1. The first kappa shape index (κ1) is 14.6. The molecule has 15 heavy (non-hydrogen) atoms. The van der Waals surface area contributed by atoms with Gasteiger partial charge in [-0.05, 0) is 20.8 Å². The van der Waals surface area contributed by atoms with Crippen molar-refractivity contribution in [3.8, 4) is 0 Å². The Morgan fingerprint density at radius 3 is 2.53 bits per heavy atom. The van der Waals surface area contributed by atoms with Crippen molar-refractivity contribution in [1.29, 1.82) is 0 Å². The SMILES string of the molecule is CCOC(=O)CC(C)NCC(C)S(C)=O. The van der Waals surface area contributed by atoms with E-state index in [9.17, 15) is 9.00 Å². The topological polar surface area (TPSA) is 55.4 Å². The highest BCUT2D eigenvalue weighted by molar-refractivity contribution is 7.84. The molecule has 3 atom stereocenters. The average Bonchev–Trinajstić information content (AvgIpc) is 2.14. The Hall–Kier alpha value is -0.420. The van der Waals surface area contributed by atoms with Gasteiger partial charge in [0.1, 0.15) is 0 Å². The molecule has 0 heterocycles. The minimum atomic E-state index is -0.822. The lowest BCUT2D eigenvalue weighted by molar-refractivity contribution is -0.143. The summed E-state index contributed by atoms with van der Waals surface area (Å²) in [4.78, 5) is 11.1. The standard InChI is InChI=1S/C10H21NO3S/c1-5-14-10(12)6-8(2)11-7-9(3)15(4)13/h8-9,11H,5-7H2,1-4H3. The molecule has 0 rings (SSSR count). The van der Waals surface area contributed by atoms with Crippen molar-refractivity contribution < 1.29 is 13.7 Å². The third-order valence-electron chi connectivity index (χ3n) is 2.10. The molecular formula is C10H21NO3S. The zero-order valence-corrected chi connectivity index (χ0v) is 10.7. The van der Waals surface area contributed by atoms with E-state index in [0.717, 1.165) is 0 Å². The number of carbonyl (C=O) groups is 1. The van der Waals surface area contributed by atoms with Crippen molar-refractivity contribution >= 4 is 16.8 Å². The zero-order valence-electron chi connectivity index (χ0n) is 9.91. The number of esters is 1. The normalized spacial score (nSPS) is 16.8. The molecule has 0 amide bonds. The van der Waals surface area contributed by atoms with Crippen molar-refractivity contribution in [2.75, 3.05) is 19.4 Å². The molecule has 0 spiro atoms. The summed E-state index contributed by atoms with van der Waals surface area (Å²) >= 11 is 0. The summed E-state index contributed by atoms with van der Waals surface area (Å²) in [6, 6.07) is 0.0649. The molecule has 4 nitrogen and oxygen atoms in total. The van der Waals surface area contributed by atoms with Gasteiger partial charge in [-0.3, -0.25) is 9.00 Å². The van der Waals surface area contributed by atoms with Gasteiger partial charge in [0.25, 0.3) is 0 Å². The first-order chi connectivity index (χ1) is 6.97. The fraction of sp³-hybridized carbons (Fsp3) is 0.900. The predicted octanol–water partition coefficient (Wildman–Crippen LogP) is 0.685. The highest BCUT2D eigenvalue weighted by atomic mass is 32.2. The summed E-state index contributed by atoms with van der Waals surface area (Å²) in [7, 11) is -0.822. The second kappa shape index (κ2) is 7.82. The van der Waals surface area contributed by atoms with E-state index < -0.39 is 10.8 Å². The molecule has 90 valence electrons. The van der Waals surface area contributed by atoms with E-state index in [1.165, 1.54) is 0 Å². The lowest BCUT2D eigenvalue weighted by Gasteiger charge is -2.15. The van der Waals surface area contributed by atoms with E-state index in [1.54, 1.807) is 13.2 Å². The van der Waals surface area contributed by atoms with Crippen LogP contribution in [0.2, 0.25) is 0 Å². The minimum absolute atomic E-state index is 0.0649. The monoisotopic (exact) mass is 235 g/mol. The van der Waals surface area contributed by atoms with E-state index in [4.69, 9.17) is 4.74 Å². The van der Waals surface area contributed by atoms with Crippen molar-refractivity contribution in [3.05, 3.63) is 0 Å². The molecule has 0 aliphatic carbocycles. The van der Waals surface area contributed by atoms with Crippen molar-refractivity contribution in [1.82, 2.24) is 5.32 Å². The van der Waals surface area contributed by atoms with Gasteiger partial charge >= 0.3 is 5.97 Å². The maximum atomic E-state index is 11.1. The van der Waals surface area contributed by atoms with Gasteiger partial charge in [-0.25, -0.2) is 0 Å². The Bertz CT molecular complexity index is 221. The molecule has 5 heteroatoms. The minimum Gasteiger partial charge on any atom is -0.466 e. The van der Waals surface area contributed by atoms with Gasteiger partial charge in [0, 0.05) is 34.9 Å². The van der Waals surface area contributed by atoms with Crippen molar-refractivity contribution in [2.24, 2.45) is 0 Å². The molecule has 0 aliphatic heterocycles. The summed E-state index contributed by atoms with van der Waals surface area (Å²) in [5.41, 5.74) is 0. The fourth-order valence-electron chi connectivity index (χ4n) is 1.03. The third-order valence-corrected chi connectivity index (χ3v) is 3.40. The van der Waals surface area contributed by atoms with Crippen LogP contribution < -0.4 is 5.32 Å². The lowest BCUT2D eigenvalue weighted by Crippen LogP contribution is -2.35. The summed E-state index contributed by atoms with van der Waals surface area (Å²) in [6.07, 6.45) is 2.04. The Balaban J connectivity index is 3.70. The number of ether oxygens (including phenoxy) is 1. The highest BCUT2D eigenvalue weighted by Crippen LogP contribution is 1.96. The molecule has 1 N–H and O–H groups in total. The van der Waals surface area contributed by atoms with Crippen LogP contribution in [-0.2, 0) is 20.3 Å². The highest BCUT2D eigenvalue weighted by Gasteiger charge is 2.11. The van der Waals surface area contributed by atoms with Gasteiger partial charge < -0.3 is 10.1 Å². The summed E-state index contributed by atoms with van der Waals surface area (Å²) in [5, 5.41) is 3.27. The van der Waals surface area contributed by atoms with E-state index in [2.05, 4.69) is 5.32 Å². The molecule has 0 fully saturated rings. The Morgan fingerprint density at radius 2 is 2.07 bits per heavy atom. The van der Waals surface area contributed by atoms with E-state index in [-0.39, 0.29) is 17.3 Å². The molecule has 0 aromatic heterocycles. The third kappa shape index (κ3) is 7.50. The molecule has 0 aromatic carbocycles. The van der Waals surface area contributed by atoms with Crippen LogP contribution in [0.25, 0.3) is 0 Å². The van der Waals surface area contributed by atoms with Gasteiger partial charge in [0.05, 0.1) is 13.0 Å². The Kier molecular flexibility index (Phi) is 7.60. The molecule has 0 saturated heterocycles. The molecular weight excluding hydrogens is 214 g/mol. The van der Waals surface area contributed by atoms with Crippen LogP contribution in [0, 0.1) is 0 Å². The van der Waals surface area contributed by atoms with E-state index in [0.29, 0.717) is 19.6 Å². The largest absolute Gasteiger partial charge is 0.466 e. The van der Waals surface area contributed by atoms with E-state index >= 15 is 0 Å². The van der Waals surface area contributed by atoms with Crippen LogP contribution >= 0.6 is 0 Å². The van der Waals surface area contributed by atoms with Gasteiger partial charge in [-0.15, -0.1) is 0 Å². The summed E-state index contributed by atoms with van der Waals surface area (Å²) in [5.74, 6) is -0.192. The quantitative estimate of drug-likeness (QED) is 0.660. The first-order valence-corrected chi connectivity index (χ1v) is 6.80. The second-order valence-electron chi connectivity index (χ2n) is 3.63. The number of rotatable bonds is 7. The number of hydrogen-bond donors (Lipinski definition) is 1. The second-order valence-corrected chi connectivity index (χ2v) is 5.43. The van der Waals surface area contributed by atoms with Crippen LogP contribution in [-0.4, -0.2) is 40.9 Å². The first-order valence-electron chi connectivity index (χ1n) is 5.18. The van der Waals surface area contributed by atoms with E-state index in [1.807, 2.05) is 13.8 Å². The van der Waals surface area contributed by atoms with Gasteiger partial charge in [0.2, 0.25) is 0 Å². The van der Waals surface area contributed by atoms with Crippen LogP contribution in [0.15, 0.2) is 0 Å². The molecule has 0 aromatic rings. The van der Waals surface area contributed by atoms with Gasteiger partial charge in [-0.2, -0.15) is 0 Å². The number of hydrogen-bond acceptors (Lipinski definition) is 4. The molecule has 0 saturated carbocycles. The Labute approximate surface area is 94.2 Å². The Morgan fingerprint density at radius 1 is 1.47 bits per heavy atom. The van der Waals surface area contributed by atoms with Crippen molar-refractivity contribution in [3.63, 3.8) is 0 Å². The van der Waals surface area contributed by atoms with Crippen LogP contribution in [0.3, 0.4) is 0 Å². The number of carbonyl (C=O) groups excluding carboxylic acids is 1. The predicted molar refractivity (Wildman–Crippen MR) is 62.2 cm³/mol. The van der Waals surface area contributed by atoms with Crippen molar-refractivity contribution in [2.45, 2.75) is 38.5 Å². The maximum Gasteiger partial charge on any atom is 0.307 e. The van der Waals surface area contributed by atoms with Crippen LogP contribution in [0.4, 0.5) is 0 Å². The zero-order chi connectivity index (χ0) is 11.8. The molecule has 3 unspecified atom stereocenters. The summed E-state index contributed by atoms with van der Waals surface area (Å²) < 4.78 is 15.9. The molecule has 0 aliphatic rings. The average molecular weight is 235 g/mol. The number of nitrogens with one attached hydrogen (secondary N) is 1. The smallest absolute Gasteiger partial charge is 0.307 e. The van der Waals surface area contributed by atoms with Gasteiger partial charge in [-0.1, -0.05) is 0 Å². The lowest BCUT2D eigenvalue weighted by atomic mass is 10.2. The fourth-order valence-corrected chi connectivity index (χ4v) is 1.36. The molecule has 0 radical (unpaired) electrons. The van der Waals surface area contributed by atoms with Crippen LogP contribution in [0.1, 0.15) is 27.2 Å².